The van der Waals surface area contributed by atoms with Gasteiger partial charge in [-0.1, -0.05) is 41.9 Å². The zero-order chi connectivity index (χ0) is 12.1. The summed E-state index contributed by atoms with van der Waals surface area (Å²) in [7, 11) is 0. The van der Waals surface area contributed by atoms with Gasteiger partial charge in [-0.05, 0) is 53.3 Å². The first-order valence-corrected chi connectivity index (χ1v) is 6.85. The highest BCUT2D eigenvalue weighted by atomic mass is 35.5. The molecule has 0 aromatic heterocycles. The largest absolute Gasteiger partial charge is 0.309 e. The second-order valence-electron chi connectivity index (χ2n) is 5.11. The molecule has 0 amide bonds. The lowest BCUT2D eigenvalue weighted by Crippen LogP contribution is -2.33. The summed E-state index contributed by atoms with van der Waals surface area (Å²) in [6.07, 6.45) is 2.15. The molecular weight excluding hydrogens is 242 g/mol. The summed E-state index contributed by atoms with van der Waals surface area (Å²) in [6.45, 7) is 1.07. The fourth-order valence-corrected chi connectivity index (χ4v) is 3.61. The monoisotopic (exact) mass is 255 g/mol. The number of hydrogen-bond acceptors (Lipinski definition) is 1. The molecule has 2 aromatic rings. The number of benzene rings is 2. The smallest absolute Gasteiger partial charge is 0.0444 e. The van der Waals surface area contributed by atoms with Gasteiger partial charge >= 0.3 is 0 Å². The van der Waals surface area contributed by atoms with Crippen molar-refractivity contribution < 1.29 is 0 Å². The van der Waals surface area contributed by atoms with Gasteiger partial charge in [0.05, 0.1) is 0 Å². The maximum atomic E-state index is 6.36. The lowest BCUT2D eigenvalue weighted by atomic mass is 9.78. The Hall–Kier alpha value is -1.31. The minimum atomic E-state index is 0.442. The Morgan fingerprint density at radius 2 is 1.89 bits per heavy atom. The molecule has 0 saturated heterocycles. The fourth-order valence-electron chi connectivity index (χ4n) is 3.36. The van der Waals surface area contributed by atoms with Crippen LogP contribution in [-0.2, 0) is 12.8 Å². The average Bonchev–Trinajstić information content (AvgIpc) is 2.41. The van der Waals surface area contributed by atoms with Gasteiger partial charge in [0, 0.05) is 11.1 Å². The van der Waals surface area contributed by atoms with Crippen LogP contribution in [0.1, 0.15) is 22.7 Å². The van der Waals surface area contributed by atoms with E-state index in [0.717, 1.165) is 24.4 Å². The third kappa shape index (κ3) is 1.38. The Labute approximate surface area is 112 Å². The molecule has 0 radical (unpaired) electrons. The minimum Gasteiger partial charge on any atom is -0.309 e. The zero-order valence-corrected chi connectivity index (χ0v) is 10.8. The van der Waals surface area contributed by atoms with Crippen LogP contribution in [0.4, 0.5) is 0 Å². The van der Waals surface area contributed by atoms with Crippen molar-refractivity contribution >= 4 is 11.6 Å². The van der Waals surface area contributed by atoms with Gasteiger partial charge < -0.3 is 5.32 Å². The lowest BCUT2D eigenvalue weighted by Gasteiger charge is -2.34. The first-order chi connectivity index (χ1) is 8.84. The quantitative estimate of drug-likeness (QED) is 0.756. The number of nitrogens with one attached hydrogen (secondary N) is 1. The average molecular weight is 256 g/mol. The standard InChI is InChI=1S/C16H14ClN/c17-14-6-2-4-11-12-5-1-3-10-7-8-18-15(16(10)12)9-13(11)14/h1-6,15,18H,7-9H2. The van der Waals surface area contributed by atoms with Crippen molar-refractivity contribution in [2.24, 2.45) is 0 Å². The van der Waals surface area contributed by atoms with E-state index in [9.17, 15) is 0 Å². The molecule has 2 heteroatoms. The second-order valence-corrected chi connectivity index (χ2v) is 5.51. The molecule has 0 saturated carbocycles. The molecule has 1 aliphatic heterocycles. The third-order valence-corrected chi connectivity index (χ3v) is 4.50. The van der Waals surface area contributed by atoms with Crippen molar-refractivity contribution in [3.63, 3.8) is 0 Å². The molecule has 1 heterocycles. The Morgan fingerprint density at radius 3 is 2.83 bits per heavy atom. The van der Waals surface area contributed by atoms with Crippen molar-refractivity contribution in [2.75, 3.05) is 6.54 Å². The van der Waals surface area contributed by atoms with Crippen molar-refractivity contribution in [1.29, 1.82) is 0 Å². The Kier molecular flexibility index (Phi) is 2.26. The van der Waals surface area contributed by atoms with Crippen LogP contribution in [0.25, 0.3) is 11.1 Å². The van der Waals surface area contributed by atoms with E-state index >= 15 is 0 Å². The fraction of sp³-hybridized carbons (Fsp3) is 0.250. The maximum Gasteiger partial charge on any atom is 0.0444 e. The predicted molar refractivity (Wildman–Crippen MR) is 75.0 cm³/mol. The topological polar surface area (TPSA) is 12.0 Å². The molecule has 0 bridgehead atoms. The summed E-state index contributed by atoms with van der Waals surface area (Å²) in [4.78, 5) is 0. The second kappa shape index (κ2) is 3.84. The molecule has 1 N–H and O–H groups in total. The van der Waals surface area contributed by atoms with Crippen molar-refractivity contribution in [3.8, 4) is 11.1 Å². The number of halogens is 1. The highest BCUT2D eigenvalue weighted by Crippen LogP contribution is 2.43. The van der Waals surface area contributed by atoms with Crippen LogP contribution in [0.15, 0.2) is 36.4 Å². The third-order valence-electron chi connectivity index (χ3n) is 4.15. The maximum absolute atomic E-state index is 6.36. The van der Waals surface area contributed by atoms with Gasteiger partial charge in [-0.2, -0.15) is 0 Å². The van der Waals surface area contributed by atoms with Crippen LogP contribution in [-0.4, -0.2) is 6.54 Å². The minimum absolute atomic E-state index is 0.442. The molecule has 2 aliphatic rings. The number of hydrogen-bond donors (Lipinski definition) is 1. The summed E-state index contributed by atoms with van der Waals surface area (Å²) in [5.74, 6) is 0. The van der Waals surface area contributed by atoms with Crippen LogP contribution < -0.4 is 5.32 Å². The molecule has 0 fully saturated rings. The van der Waals surface area contributed by atoms with E-state index in [2.05, 4.69) is 35.6 Å². The van der Waals surface area contributed by atoms with Gasteiger partial charge in [0.25, 0.3) is 0 Å². The molecule has 18 heavy (non-hydrogen) atoms. The van der Waals surface area contributed by atoms with E-state index in [0.29, 0.717) is 6.04 Å². The van der Waals surface area contributed by atoms with E-state index < -0.39 is 0 Å². The van der Waals surface area contributed by atoms with Crippen LogP contribution in [0, 0.1) is 0 Å². The van der Waals surface area contributed by atoms with Gasteiger partial charge in [0.15, 0.2) is 0 Å². The molecule has 1 aliphatic carbocycles. The summed E-state index contributed by atoms with van der Waals surface area (Å²) < 4.78 is 0. The predicted octanol–water partition coefficient (Wildman–Crippen LogP) is 3.75. The SMILES string of the molecule is Clc1cccc2c1CC1NCCc3cccc-2c31. The van der Waals surface area contributed by atoms with Crippen LogP contribution in [0.3, 0.4) is 0 Å². The van der Waals surface area contributed by atoms with Gasteiger partial charge in [-0.25, -0.2) is 0 Å². The molecule has 4 rings (SSSR count). The Bertz CT molecular complexity index is 633. The lowest BCUT2D eigenvalue weighted by molar-refractivity contribution is 0.499. The number of fused-ring (bicyclic) bond motifs is 2. The van der Waals surface area contributed by atoms with Crippen molar-refractivity contribution in [3.05, 3.63) is 58.1 Å². The normalized spacial score (nSPS) is 20.2. The van der Waals surface area contributed by atoms with E-state index in [1.54, 1.807) is 0 Å². The molecule has 1 atom stereocenters. The first kappa shape index (κ1) is 10.6. The molecule has 90 valence electrons. The van der Waals surface area contributed by atoms with Crippen LogP contribution in [0.2, 0.25) is 5.02 Å². The van der Waals surface area contributed by atoms with E-state index in [-0.39, 0.29) is 0 Å². The van der Waals surface area contributed by atoms with E-state index in [1.165, 1.54) is 27.8 Å². The summed E-state index contributed by atoms with van der Waals surface area (Å²) >= 11 is 6.36. The van der Waals surface area contributed by atoms with Gasteiger partial charge in [0.2, 0.25) is 0 Å². The highest BCUT2D eigenvalue weighted by molar-refractivity contribution is 6.31. The van der Waals surface area contributed by atoms with Gasteiger partial charge in [0.1, 0.15) is 0 Å². The van der Waals surface area contributed by atoms with Crippen LogP contribution >= 0.6 is 11.6 Å². The van der Waals surface area contributed by atoms with E-state index in [4.69, 9.17) is 11.6 Å². The molecule has 0 spiro atoms. The van der Waals surface area contributed by atoms with Crippen LogP contribution in [0.5, 0.6) is 0 Å². The molecule has 1 nitrogen and oxygen atoms in total. The number of rotatable bonds is 0. The van der Waals surface area contributed by atoms with E-state index in [1.807, 2.05) is 6.07 Å². The van der Waals surface area contributed by atoms with Crippen molar-refractivity contribution in [1.82, 2.24) is 5.32 Å². The summed E-state index contributed by atoms with van der Waals surface area (Å²) in [5.41, 5.74) is 6.98. The van der Waals surface area contributed by atoms with Gasteiger partial charge in [-0.3, -0.25) is 0 Å². The van der Waals surface area contributed by atoms with Gasteiger partial charge in [-0.15, -0.1) is 0 Å². The summed E-state index contributed by atoms with van der Waals surface area (Å²) in [6, 6.07) is 13.4. The Morgan fingerprint density at radius 1 is 1.06 bits per heavy atom. The summed E-state index contributed by atoms with van der Waals surface area (Å²) in [5, 5.41) is 4.53. The van der Waals surface area contributed by atoms with Crippen molar-refractivity contribution in [2.45, 2.75) is 18.9 Å². The first-order valence-electron chi connectivity index (χ1n) is 6.47. The molecular formula is C16H14ClN. The zero-order valence-electron chi connectivity index (χ0n) is 10.0. The Balaban J connectivity index is 2.05. The highest BCUT2D eigenvalue weighted by Gasteiger charge is 2.29. The molecule has 1 unspecified atom stereocenters. The molecule has 2 aromatic carbocycles.